The van der Waals surface area contributed by atoms with Gasteiger partial charge >= 0.3 is 12.1 Å². The van der Waals surface area contributed by atoms with Crippen LogP contribution in [0.4, 0.5) is 30.8 Å². The van der Waals surface area contributed by atoms with Crippen molar-refractivity contribution in [2.45, 2.75) is 25.6 Å². The first-order valence-electron chi connectivity index (χ1n) is 10.1. The Morgan fingerprint density at radius 2 is 1.88 bits per heavy atom. The molecule has 0 aliphatic carbocycles. The average molecular weight is 474 g/mol. The molecule has 1 saturated heterocycles. The molecule has 0 aromatic carbocycles. The highest BCUT2D eigenvalue weighted by atomic mass is 32.1. The summed E-state index contributed by atoms with van der Waals surface area (Å²) in [5.74, 6) is 0.348. The van der Waals surface area contributed by atoms with Crippen LogP contribution in [0.2, 0.25) is 0 Å². The first-order chi connectivity index (χ1) is 16.0. The molecule has 1 aliphatic rings. The highest BCUT2D eigenvalue weighted by molar-refractivity contribution is 7.15. The maximum Gasteiger partial charge on any atom is 0.471 e. The van der Waals surface area contributed by atoms with Gasteiger partial charge in [-0.25, -0.2) is 9.97 Å². The van der Waals surface area contributed by atoms with Crippen LogP contribution in [0.25, 0.3) is 10.7 Å². The summed E-state index contributed by atoms with van der Waals surface area (Å²) >= 11 is 1.25. The van der Waals surface area contributed by atoms with Gasteiger partial charge in [0.25, 0.3) is 0 Å². The zero-order valence-corrected chi connectivity index (χ0v) is 17.9. The predicted octanol–water partition coefficient (Wildman–Crippen LogP) is 4.34. The van der Waals surface area contributed by atoms with E-state index < -0.39 is 12.1 Å². The molecule has 0 spiro atoms. The molecule has 1 fully saturated rings. The van der Waals surface area contributed by atoms with Gasteiger partial charge in [0.05, 0.1) is 17.6 Å². The van der Waals surface area contributed by atoms with Gasteiger partial charge in [-0.05, 0) is 31.0 Å². The lowest BCUT2D eigenvalue weighted by Gasteiger charge is -2.23. The molecule has 0 amide bonds. The molecule has 0 radical (unpaired) electrons. The molecule has 4 aromatic heterocycles. The van der Waals surface area contributed by atoms with Crippen LogP contribution >= 0.6 is 11.3 Å². The summed E-state index contributed by atoms with van der Waals surface area (Å²) in [6.45, 7) is 2.22. The van der Waals surface area contributed by atoms with Crippen molar-refractivity contribution in [3.8, 4) is 10.7 Å². The standard InChI is InChI=1S/C20H17F3N8OS/c21-20(22,23)18-28-17(29-32-18)14-4-3-13(33-14)12-31(16-11-24-7-8-25-16)19-26-6-5-15(27-19)30-9-1-2-10-30/h3-8,11H,1-2,9-10,12H2. The van der Waals surface area contributed by atoms with Gasteiger partial charge < -0.3 is 9.42 Å². The van der Waals surface area contributed by atoms with Gasteiger partial charge in [-0.1, -0.05) is 5.16 Å². The van der Waals surface area contributed by atoms with E-state index in [2.05, 4.69) is 34.5 Å². The van der Waals surface area contributed by atoms with Crippen molar-refractivity contribution in [1.29, 1.82) is 0 Å². The average Bonchev–Trinajstić information content (AvgIpc) is 3.59. The van der Waals surface area contributed by atoms with E-state index in [9.17, 15) is 13.2 Å². The van der Waals surface area contributed by atoms with Crippen molar-refractivity contribution < 1.29 is 17.7 Å². The SMILES string of the molecule is FC(F)(F)c1nc(-c2ccc(CN(c3cnccn3)c3nccc(N4CCCC4)n3)s2)no1. The van der Waals surface area contributed by atoms with Gasteiger partial charge in [0.2, 0.25) is 11.8 Å². The number of halogens is 3. The van der Waals surface area contributed by atoms with Crippen LogP contribution in [0.3, 0.4) is 0 Å². The second-order valence-electron chi connectivity index (χ2n) is 7.25. The van der Waals surface area contributed by atoms with Crippen LogP contribution < -0.4 is 9.80 Å². The molecule has 0 bridgehead atoms. The highest BCUT2D eigenvalue weighted by Crippen LogP contribution is 2.33. The first kappa shape index (κ1) is 21.2. The summed E-state index contributed by atoms with van der Waals surface area (Å²) < 4.78 is 42.7. The number of rotatable bonds is 6. The smallest absolute Gasteiger partial charge is 0.356 e. The summed E-state index contributed by atoms with van der Waals surface area (Å²) in [5, 5.41) is 3.46. The molecule has 5 heterocycles. The number of hydrogen-bond acceptors (Lipinski definition) is 10. The molecule has 0 unspecified atom stereocenters. The van der Waals surface area contributed by atoms with Crippen LogP contribution in [-0.4, -0.2) is 43.2 Å². The summed E-state index contributed by atoms with van der Waals surface area (Å²) in [6, 6.07) is 5.32. The summed E-state index contributed by atoms with van der Waals surface area (Å²) in [7, 11) is 0. The summed E-state index contributed by atoms with van der Waals surface area (Å²) in [6.07, 6.45) is 4.01. The van der Waals surface area contributed by atoms with Crippen LogP contribution in [0.5, 0.6) is 0 Å². The van der Waals surface area contributed by atoms with Crippen molar-refractivity contribution in [2.24, 2.45) is 0 Å². The molecule has 0 saturated carbocycles. The van der Waals surface area contributed by atoms with Crippen molar-refractivity contribution in [2.75, 3.05) is 22.9 Å². The third-order valence-electron chi connectivity index (χ3n) is 4.99. The third-order valence-corrected chi connectivity index (χ3v) is 6.06. The number of anilines is 3. The second kappa shape index (κ2) is 8.73. The van der Waals surface area contributed by atoms with Gasteiger partial charge in [0, 0.05) is 36.6 Å². The lowest BCUT2D eigenvalue weighted by molar-refractivity contribution is -0.159. The van der Waals surface area contributed by atoms with E-state index in [1.807, 2.05) is 6.07 Å². The quantitative estimate of drug-likeness (QED) is 0.404. The number of alkyl halides is 3. The first-order valence-corrected chi connectivity index (χ1v) is 10.9. The van der Waals surface area contributed by atoms with Gasteiger partial charge in [-0.3, -0.25) is 9.88 Å². The van der Waals surface area contributed by atoms with E-state index in [0.29, 0.717) is 23.2 Å². The zero-order chi connectivity index (χ0) is 22.8. The van der Waals surface area contributed by atoms with Crippen LogP contribution in [0, 0.1) is 0 Å². The lowest BCUT2D eigenvalue weighted by Crippen LogP contribution is -2.23. The Hall–Kier alpha value is -3.61. The number of aromatic nitrogens is 6. The molecule has 5 rings (SSSR count). The monoisotopic (exact) mass is 474 g/mol. The van der Waals surface area contributed by atoms with E-state index in [0.717, 1.165) is 36.6 Å². The Morgan fingerprint density at radius 3 is 2.61 bits per heavy atom. The van der Waals surface area contributed by atoms with Crippen molar-refractivity contribution in [1.82, 2.24) is 30.1 Å². The maximum atomic E-state index is 12.8. The van der Waals surface area contributed by atoms with E-state index in [-0.39, 0.29) is 5.82 Å². The van der Waals surface area contributed by atoms with Crippen LogP contribution in [-0.2, 0) is 12.7 Å². The Balaban J connectivity index is 1.44. The van der Waals surface area contributed by atoms with E-state index in [1.165, 1.54) is 11.3 Å². The van der Waals surface area contributed by atoms with Gasteiger partial charge in [0.1, 0.15) is 5.82 Å². The Morgan fingerprint density at radius 1 is 1.03 bits per heavy atom. The minimum Gasteiger partial charge on any atom is -0.356 e. The topological polar surface area (TPSA) is 97.0 Å². The van der Waals surface area contributed by atoms with E-state index >= 15 is 0 Å². The second-order valence-corrected chi connectivity index (χ2v) is 8.41. The maximum absolute atomic E-state index is 12.8. The van der Waals surface area contributed by atoms with Crippen LogP contribution in [0.15, 0.2) is 47.5 Å². The van der Waals surface area contributed by atoms with Crippen LogP contribution in [0.1, 0.15) is 23.6 Å². The molecule has 170 valence electrons. The fourth-order valence-corrected chi connectivity index (χ4v) is 4.38. The lowest BCUT2D eigenvalue weighted by atomic mass is 10.4. The van der Waals surface area contributed by atoms with Gasteiger partial charge in [0.15, 0.2) is 5.82 Å². The molecule has 1 aliphatic heterocycles. The normalized spacial score (nSPS) is 14.1. The Labute approximate surface area is 190 Å². The minimum absolute atomic E-state index is 0.114. The van der Waals surface area contributed by atoms with Crippen molar-refractivity contribution >= 4 is 28.9 Å². The molecule has 13 heteroatoms. The largest absolute Gasteiger partial charge is 0.471 e. The molecular weight excluding hydrogens is 457 g/mol. The Bertz CT molecular complexity index is 1220. The van der Waals surface area contributed by atoms with E-state index in [1.54, 1.807) is 41.8 Å². The number of hydrogen-bond donors (Lipinski definition) is 0. The minimum atomic E-state index is -4.69. The molecular formula is C20H17F3N8OS. The third kappa shape index (κ3) is 4.62. The Kier molecular flexibility index (Phi) is 5.62. The van der Waals surface area contributed by atoms with Gasteiger partial charge in [-0.15, -0.1) is 11.3 Å². The fourth-order valence-electron chi connectivity index (χ4n) is 3.45. The van der Waals surface area contributed by atoms with Gasteiger partial charge in [-0.2, -0.15) is 23.1 Å². The molecule has 0 atom stereocenters. The van der Waals surface area contributed by atoms with Crippen molar-refractivity contribution in [3.63, 3.8) is 0 Å². The fraction of sp³-hybridized carbons (Fsp3) is 0.300. The molecule has 4 aromatic rings. The zero-order valence-electron chi connectivity index (χ0n) is 17.1. The summed E-state index contributed by atoms with van der Waals surface area (Å²) in [4.78, 5) is 26.5. The van der Waals surface area contributed by atoms with Crippen molar-refractivity contribution in [3.05, 3.63) is 53.8 Å². The molecule has 0 N–H and O–H groups in total. The number of nitrogens with zero attached hydrogens (tertiary/aromatic N) is 8. The molecule has 33 heavy (non-hydrogen) atoms. The number of thiophene rings is 1. The predicted molar refractivity (Wildman–Crippen MR) is 114 cm³/mol. The summed E-state index contributed by atoms with van der Waals surface area (Å²) in [5.41, 5.74) is 0. The molecule has 9 nitrogen and oxygen atoms in total. The van der Waals surface area contributed by atoms with E-state index in [4.69, 9.17) is 4.98 Å². The highest BCUT2D eigenvalue weighted by Gasteiger charge is 2.38.